The van der Waals surface area contributed by atoms with Crippen LogP contribution in [0.15, 0.2) is 40.9 Å². The Balaban J connectivity index is 2.33. The third-order valence-electron chi connectivity index (χ3n) is 3.11. The van der Waals surface area contributed by atoms with Crippen LogP contribution < -0.4 is 5.32 Å². The van der Waals surface area contributed by atoms with Gasteiger partial charge in [-0.05, 0) is 55.4 Å². The van der Waals surface area contributed by atoms with Gasteiger partial charge in [-0.3, -0.25) is 0 Å². The highest BCUT2D eigenvalue weighted by molar-refractivity contribution is 9.10. The van der Waals surface area contributed by atoms with E-state index in [1.54, 1.807) is 19.2 Å². The van der Waals surface area contributed by atoms with E-state index in [0.717, 1.165) is 22.7 Å². The molecule has 0 saturated carbocycles. The molecule has 2 rings (SSSR count). The van der Waals surface area contributed by atoms with Crippen LogP contribution in [0.4, 0.5) is 13.2 Å². The van der Waals surface area contributed by atoms with E-state index in [1.165, 1.54) is 6.07 Å². The fourth-order valence-corrected chi connectivity index (χ4v) is 2.48. The van der Waals surface area contributed by atoms with Crippen LogP contribution in [0, 0.1) is 17.5 Å². The normalized spacial score (nSPS) is 12.4. The van der Waals surface area contributed by atoms with Crippen LogP contribution in [0.3, 0.4) is 0 Å². The van der Waals surface area contributed by atoms with Gasteiger partial charge in [0.25, 0.3) is 0 Å². The Morgan fingerprint density at radius 1 is 1.05 bits per heavy atom. The molecule has 0 aliphatic rings. The standard InChI is InChI=1S/C15H13BrF3N/c1-20-15(12-8-11(17)3-5-14(12)19)7-9-6-10(16)2-4-13(9)18/h2-6,8,15,20H,7H2,1H3. The van der Waals surface area contributed by atoms with Crippen molar-refractivity contribution in [2.75, 3.05) is 7.05 Å². The first kappa shape index (κ1) is 15.1. The van der Waals surface area contributed by atoms with Crippen molar-refractivity contribution in [1.82, 2.24) is 5.32 Å². The van der Waals surface area contributed by atoms with E-state index in [4.69, 9.17) is 0 Å². The van der Waals surface area contributed by atoms with Crippen molar-refractivity contribution in [2.24, 2.45) is 0 Å². The number of likely N-dealkylation sites (N-methyl/N-ethyl adjacent to an activating group) is 1. The Bertz CT molecular complexity index is 616. The summed E-state index contributed by atoms with van der Waals surface area (Å²) in [6.07, 6.45) is 0.224. The van der Waals surface area contributed by atoms with E-state index in [2.05, 4.69) is 21.2 Å². The highest BCUT2D eigenvalue weighted by Crippen LogP contribution is 2.25. The van der Waals surface area contributed by atoms with Gasteiger partial charge in [-0.15, -0.1) is 0 Å². The molecule has 2 aromatic carbocycles. The van der Waals surface area contributed by atoms with Gasteiger partial charge in [-0.1, -0.05) is 15.9 Å². The minimum absolute atomic E-state index is 0.187. The van der Waals surface area contributed by atoms with Gasteiger partial charge in [-0.25, -0.2) is 13.2 Å². The molecule has 20 heavy (non-hydrogen) atoms. The van der Waals surface area contributed by atoms with Crippen LogP contribution >= 0.6 is 15.9 Å². The third-order valence-corrected chi connectivity index (χ3v) is 3.61. The minimum Gasteiger partial charge on any atom is -0.313 e. The van der Waals surface area contributed by atoms with E-state index >= 15 is 0 Å². The number of rotatable bonds is 4. The van der Waals surface area contributed by atoms with Crippen LogP contribution in [0.1, 0.15) is 17.2 Å². The van der Waals surface area contributed by atoms with Crippen LogP contribution in [0.25, 0.3) is 0 Å². The highest BCUT2D eigenvalue weighted by atomic mass is 79.9. The summed E-state index contributed by atoms with van der Waals surface area (Å²) in [6.45, 7) is 0. The van der Waals surface area contributed by atoms with Crippen molar-refractivity contribution in [3.63, 3.8) is 0 Å². The van der Waals surface area contributed by atoms with Gasteiger partial charge >= 0.3 is 0 Å². The van der Waals surface area contributed by atoms with Crippen LogP contribution in [-0.2, 0) is 6.42 Å². The summed E-state index contributed by atoms with van der Waals surface area (Å²) in [6, 6.07) is 7.33. The summed E-state index contributed by atoms with van der Waals surface area (Å²) in [5.41, 5.74) is 0.620. The molecule has 1 unspecified atom stereocenters. The number of benzene rings is 2. The van der Waals surface area contributed by atoms with Gasteiger partial charge in [0.15, 0.2) is 0 Å². The van der Waals surface area contributed by atoms with Crippen molar-refractivity contribution in [3.8, 4) is 0 Å². The maximum Gasteiger partial charge on any atom is 0.128 e. The Morgan fingerprint density at radius 3 is 2.45 bits per heavy atom. The van der Waals surface area contributed by atoms with Crippen molar-refractivity contribution in [2.45, 2.75) is 12.5 Å². The molecule has 0 bridgehead atoms. The molecule has 0 aliphatic heterocycles. The Kier molecular flexibility index (Phi) is 4.83. The van der Waals surface area contributed by atoms with Crippen molar-refractivity contribution >= 4 is 15.9 Å². The molecule has 1 N–H and O–H groups in total. The zero-order valence-electron chi connectivity index (χ0n) is 10.8. The fourth-order valence-electron chi connectivity index (χ4n) is 2.07. The Hall–Kier alpha value is -1.33. The average Bonchev–Trinajstić information content (AvgIpc) is 2.42. The average molecular weight is 344 g/mol. The number of nitrogens with one attached hydrogen (secondary N) is 1. The maximum atomic E-state index is 13.8. The van der Waals surface area contributed by atoms with E-state index < -0.39 is 17.7 Å². The summed E-state index contributed by atoms with van der Waals surface area (Å²) in [4.78, 5) is 0. The second-order valence-electron chi connectivity index (χ2n) is 4.45. The molecule has 0 aromatic heterocycles. The second-order valence-corrected chi connectivity index (χ2v) is 5.36. The largest absolute Gasteiger partial charge is 0.313 e. The lowest BCUT2D eigenvalue weighted by Gasteiger charge is -2.18. The molecule has 0 aliphatic carbocycles. The summed E-state index contributed by atoms with van der Waals surface area (Å²) in [7, 11) is 1.63. The lowest BCUT2D eigenvalue weighted by molar-refractivity contribution is 0.511. The van der Waals surface area contributed by atoms with E-state index in [1.807, 2.05) is 0 Å². The topological polar surface area (TPSA) is 12.0 Å². The number of halogens is 4. The van der Waals surface area contributed by atoms with Gasteiger partial charge < -0.3 is 5.32 Å². The first-order valence-corrected chi connectivity index (χ1v) is 6.86. The molecule has 0 amide bonds. The Morgan fingerprint density at radius 2 is 1.75 bits per heavy atom. The molecule has 0 spiro atoms. The molecule has 0 heterocycles. The van der Waals surface area contributed by atoms with Crippen molar-refractivity contribution < 1.29 is 13.2 Å². The SMILES string of the molecule is CNC(Cc1cc(Br)ccc1F)c1cc(F)ccc1F. The van der Waals surface area contributed by atoms with Crippen LogP contribution in [-0.4, -0.2) is 7.05 Å². The van der Waals surface area contributed by atoms with E-state index in [-0.39, 0.29) is 17.8 Å². The zero-order valence-corrected chi connectivity index (χ0v) is 12.3. The molecule has 106 valence electrons. The van der Waals surface area contributed by atoms with E-state index in [9.17, 15) is 13.2 Å². The smallest absolute Gasteiger partial charge is 0.128 e. The molecule has 2 aromatic rings. The van der Waals surface area contributed by atoms with E-state index in [0.29, 0.717) is 5.56 Å². The number of hydrogen-bond acceptors (Lipinski definition) is 1. The molecular weight excluding hydrogens is 331 g/mol. The van der Waals surface area contributed by atoms with Gasteiger partial charge in [0.2, 0.25) is 0 Å². The predicted octanol–water partition coefficient (Wildman–Crippen LogP) is 4.37. The second kappa shape index (κ2) is 6.41. The lowest BCUT2D eigenvalue weighted by atomic mass is 9.98. The van der Waals surface area contributed by atoms with Crippen LogP contribution in [0.5, 0.6) is 0 Å². The molecule has 0 radical (unpaired) electrons. The number of hydrogen-bond donors (Lipinski definition) is 1. The zero-order chi connectivity index (χ0) is 14.7. The summed E-state index contributed by atoms with van der Waals surface area (Å²) in [5, 5.41) is 2.89. The summed E-state index contributed by atoms with van der Waals surface area (Å²) < 4.78 is 41.5. The van der Waals surface area contributed by atoms with Gasteiger partial charge in [-0.2, -0.15) is 0 Å². The fraction of sp³-hybridized carbons (Fsp3) is 0.200. The Labute approximate surface area is 123 Å². The molecule has 0 saturated heterocycles. The van der Waals surface area contributed by atoms with Crippen LogP contribution in [0.2, 0.25) is 0 Å². The lowest BCUT2D eigenvalue weighted by Crippen LogP contribution is -2.20. The predicted molar refractivity (Wildman–Crippen MR) is 76.0 cm³/mol. The third kappa shape index (κ3) is 3.41. The summed E-state index contributed by atoms with van der Waals surface area (Å²) in [5.74, 6) is -1.40. The molecule has 1 atom stereocenters. The van der Waals surface area contributed by atoms with Crippen molar-refractivity contribution in [3.05, 3.63) is 69.4 Å². The monoisotopic (exact) mass is 343 g/mol. The van der Waals surface area contributed by atoms with Gasteiger partial charge in [0, 0.05) is 16.1 Å². The highest BCUT2D eigenvalue weighted by Gasteiger charge is 2.17. The molecular formula is C15H13BrF3N. The molecule has 1 nitrogen and oxygen atoms in total. The first-order chi connectivity index (χ1) is 9.51. The quantitative estimate of drug-likeness (QED) is 0.869. The van der Waals surface area contributed by atoms with Crippen molar-refractivity contribution in [1.29, 1.82) is 0 Å². The first-order valence-electron chi connectivity index (χ1n) is 6.07. The van der Waals surface area contributed by atoms with Gasteiger partial charge in [0.05, 0.1) is 0 Å². The minimum atomic E-state index is -0.517. The molecule has 5 heteroatoms. The molecule has 0 fully saturated rings. The van der Waals surface area contributed by atoms with Gasteiger partial charge in [0.1, 0.15) is 17.5 Å². The summed E-state index contributed by atoms with van der Waals surface area (Å²) >= 11 is 3.27. The maximum absolute atomic E-state index is 13.8.